The van der Waals surface area contributed by atoms with E-state index in [2.05, 4.69) is 5.32 Å². The lowest BCUT2D eigenvalue weighted by Crippen LogP contribution is -2.50. The molecule has 2 rings (SSSR count). The Hall–Kier alpha value is -1.88. The molecular formula is C19H28N2O3. The van der Waals surface area contributed by atoms with Crippen LogP contribution < -0.4 is 5.32 Å². The SMILES string of the molecule is COCCC(C)(C)C(=O)N1CCC(NC(=O)c2ccccc2)CC1. The molecule has 2 amide bonds. The molecule has 0 radical (unpaired) electrons. The first-order valence-electron chi connectivity index (χ1n) is 8.58. The summed E-state index contributed by atoms with van der Waals surface area (Å²) in [6.45, 7) is 5.90. The molecule has 0 unspecified atom stereocenters. The van der Waals surface area contributed by atoms with Crippen molar-refractivity contribution in [1.82, 2.24) is 10.2 Å². The number of rotatable bonds is 6. The first kappa shape index (κ1) is 18.5. The van der Waals surface area contributed by atoms with Crippen LogP contribution in [0.3, 0.4) is 0 Å². The molecule has 1 fully saturated rings. The van der Waals surface area contributed by atoms with Crippen LogP contribution >= 0.6 is 0 Å². The summed E-state index contributed by atoms with van der Waals surface area (Å²) in [5.74, 6) is 0.133. The average molecular weight is 332 g/mol. The Morgan fingerprint density at radius 2 is 1.83 bits per heavy atom. The summed E-state index contributed by atoms with van der Waals surface area (Å²) >= 11 is 0. The van der Waals surface area contributed by atoms with Crippen molar-refractivity contribution >= 4 is 11.8 Å². The maximum Gasteiger partial charge on any atom is 0.251 e. The summed E-state index contributed by atoms with van der Waals surface area (Å²) in [5.41, 5.74) is 0.271. The monoisotopic (exact) mass is 332 g/mol. The van der Waals surface area contributed by atoms with Crippen LogP contribution in [0.1, 0.15) is 43.5 Å². The number of hydrogen-bond donors (Lipinski definition) is 1. The van der Waals surface area contributed by atoms with E-state index in [1.54, 1.807) is 7.11 Å². The number of piperidine rings is 1. The molecule has 1 aliphatic heterocycles. The Morgan fingerprint density at radius 1 is 1.21 bits per heavy atom. The Morgan fingerprint density at radius 3 is 2.42 bits per heavy atom. The average Bonchev–Trinajstić information content (AvgIpc) is 2.60. The molecule has 5 heteroatoms. The van der Waals surface area contributed by atoms with Crippen LogP contribution in [-0.4, -0.2) is 49.6 Å². The minimum atomic E-state index is -0.407. The summed E-state index contributed by atoms with van der Waals surface area (Å²) in [7, 11) is 1.65. The van der Waals surface area contributed by atoms with Crippen LogP contribution in [0.4, 0.5) is 0 Å². The lowest BCUT2D eigenvalue weighted by molar-refractivity contribution is -0.142. The molecule has 1 aromatic carbocycles. The second kappa shape index (κ2) is 8.29. The van der Waals surface area contributed by atoms with Crippen LogP contribution in [0.2, 0.25) is 0 Å². The van der Waals surface area contributed by atoms with Crippen LogP contribution in [0, 0.1) is 5.41 Å². The largest absolute Gasteiger partial charge is 0.385 e. The molecule has 1 aliphatic rings. The number of benzene rings is 1. The van der Waals surface area contributed by atoms with Crippen molar-refractivity contribution in [2.75, 3.05) is 26.8 Å². The predicted molar refractivity (Wildman–Crippen MR) is 93.8 cm³/mol. The molecule has 1 heterocycles. The van der Waals surface area contributed by atoms with Crippen molar-refractivity contribution in [1.29, 1.82) is 0 Å². The molecule has 132 valence electrons. The molecule has 0 aliphatic carbocycles. The van der Waals surface area contributed by atoms with Crippen LogP contribution in [0.25, 0.3) is 0 Å². The zero-order valence-electron chi connectivity index (χ0n) is 14.9. The Bertz CT molecular complexity index is 549. The summed E-state index contributed by atoms with van der Waals surface area (Å²) in [6.07, 6.45) is 2.31. The van der Waals surface area contributed by atoms with Gasteiger partial charge in [-0.25, -0.2) is 0 Å². The molecule has 1 aromatic rings. The highest BCUT2D eigenvalue weighted by Crippen LogP contribution is 2.25. The molecule has 24 heavy (non-hydrogen) atoms. The molecular weight excluding hydrogens is 304 g/mol. The van der Waals surface area contributed by atoms with E-state index in [0.717, 1.165) is 12.8 Å². The van der Waals surface area contributed by atoms with Crippen molar-refractivity contribution < 1.29 is 14.3 Å². The van der Waals surface area contributed by atoms with Gasteiger partial charge in [-0.2, -0.15) is 0 Å². The summed E-state index contributed by atoms with van der Waals surface area (Å²) in [5, 5.41) is 3.07. The normalized spacial score (nSPS) is 16.0. The molecule has 0 saturated carbocycles. The quantitative estimate of drug-likeness (QED) is 0.870. The van der Waals surface area contributed by atoms with Gasteiger partial charge in [-0.3, -0.25) is 9.59 Å². The number of likely N-dealkylation sites (tertiary alicyclic amines) is 1. The maximum atomic E-state index is 12.7. The fourth-order valence-electron chi connectivity index (χ4n) is 2.98. The first-order chi connectivity index (χ1) is 11.4. The minimum absolute atomic E-state index is 0.0409. The van der Waals surface area contributed by atoms with Crippen molar-refractivity contribution in [3.63, 3.8) is 0 Å². The van der Waals surface area contributed by atoms with Gasteiger partial charge in [-0.1, -0.05) is 32.0 Å². The number of carbonyl (C=O) groups is 2. The Kier molecular flexibility index (Phi) is 6.37. The highest BCUT2D eigenvalue weighted by atomic mass is 16.5. The first-order valence-corrected chi connectivity index (χ1v) is 8.58. The van der Waals surface area contributed by atoms with E-state index in [-0.39, 0.29) is 17.9 Å². The lowest BCUT2D eigenvalue weighted by Gasteiger charge is -2.37. The third kappa shape index (κ3) is 4.81. The Balaban J connectivity index is 1.83. The number of carbonyl (C=O) groups excluding carboxylic acids is 2. The zero-order valence-corrected chi connectivity index (χ0v) is 14.9. The molecule has 0 aromatic heterocycles. The van der Waals surface area contributed by atoms with E-state index in [4.69, 9.17) is 4.74 Å². The topological polar surface area (TPSA) is 58.6 Å². The van der Waals surface area contributed by atoms with E-state index in [9.17, 15) is 9.59 Å². The van der Waals surface area contributed by atoms with E-state index in [1.807, 2.05) is 49.1 Å². The third-order valence-corrected chi connectivity index (χ3v) is 4.66. The minimum Gasteiger partial charge on any atom is -0.385 e. The van der Waals surface area contributed by atoms with Crippen LogP contribution in [0.5, 0.6) is 0 Å². The molecule has 5 nitrogen and oxygen atoms in total. The smallest absolute Gasteiger partial charge is 0.251 e. The summed E-state index contributed by atoms with van der Waals surface area (Å²) < 4.78 is 5.10. The van der Waals surface area contributed by atoms with Gasteiger partial charge in [0.05, 0.1) is 0 Å². The van der Waals surface area contributed by atoms with E-state index < -0.39 is 5.41 Å². The lowest BCUT2D eigenvalue weighted by atomic mass is 9.87. The van der Waals surface area contributed by atoms with Gasteiger partial charge in [0.15, 0.2) is 0 Å². The van der Waals surface area contributed by atoms with Gasteiger partial charge in [0, 0.05) is 43.8 Å². The fourth-order valence-corrected chi connectivity index (χ4v) is 2.98. The summed E-state index contributed by atoms with van der Waals surface area (Å²) in [4.78, 5) is 26.8. The van der Waals surface area contributed by atoms with Gasteiger partial charge in [0.2, 0.25) is 5.91 Å². The molecule has 1 N–H and O–H groups in total. The highest BCUT2D eigenvalue weighted by molar-refractivity contribution is 5.94. The van der Waals surface area contributed by atoms with Crippen LogP contribution in [-0.2, 0) is 9.53 Å². The van der Waals surface area contributed by atoms with Gasteiger partial charge in [-0.05, 0) is 31.4 Å². The number of nitrogens with zero attached hydrogens (tertiary/aromatic N) is 1. The number of amides is 2. The van der Waals surface area contributed by atoms with E-state index in [1.165, 1.54) is 0 Å². The van der Waals surface area contributed by atoms with Crippen molar-refractivity contribution in [3.8, 4) is 0 Å². The number of hydrogen-bond acceptors (Lipinski definition) is 3. The predicted octanol–water partition coefficient (Wildman–Crippen LogP) is 2.47. The molecule has 0 spiro atoms. The van der Waals surface area contributed by atoms with Crippen molar-refractivity contribution in [2.45, 2.75) is 39.2 Å². The second-order valence-electron chi connectivity index (χ2n) is 7.03. The van der Waals surface area contributed by atoms with Gasteiger partial charge in [-0.15, -0.1) is 0 Å². The molecule has 0 bridgehead atoms. The fraction of sp³-hybridized carbons (Fsp3) is 0.579. The molecule has 0 atom stereocenters. The standard InChI is InChI=1S/C19H28N2O3/c1-19(2,11-14-24-3)18(23)21-12-9-16(10-13-21)20-17(22)15-7-5-4-6-8-15/h4-8,16H,9-14H2,1-3H3,(H,20,22). The van der Waals surface area contributed by atoms with Crippen LogP contribution in [0.15, 0.2) is 30.3 Å². The zero-order chi connectivity index (χ0) is 17.6. The number of nitrogens with one attached hydrogen (secondary N) is 1. The van der Waals surface area contributed by atoms with Gasteiger partial charge in [0.25, 0.3) is 5.91 Å². The second-order valence-corrected chi connectivity index (χ2v) is 7.03. The number of ether oxygens (including phenoxy) is 1. The maximum absolute atomic E-state index is 12.7. The van der Waals surface area contributed by atoms with Gasteiger partial charge in [0.1, 0.15) is 0 Å². The summed E-state index contributed by atoms with van der Waals surface area (Å²) in [6, 6.07) is 9.37. The van der Waals surface area contributed by atoms with E-state index >= 15 is 0 Å². The van der Waals surface area contributed by atoms with E-state index in [0.29, 0.717) is 31.7 Å². The van der Waals surface area contributed by atoms with Crippen molar-refractivity contribution in [3.05, 3.63) is 35.9 Å². The van der Waals surface area contributed by atoms with Gasteiger partial charge >= 0.3 is 0 Å². The highest BCUT2D eigenvalue weighted by Gasteiger charge is 2.33. The van der Waals surface area contributed by atoms with Gasteiger partial charge < -0.3 is 15.0 Å². The third-order valence-electron chi connectivity index (χ3n) is 4.66. The number of methoxy groups -OCH3 is 1. The Labute approximate surface area is 144 Å². The van der Waals surface area contributed by atoms with Crippen molar-refractivity contribution in [2.24, 2.45) is 5.41 Å². The molecule has 1 saturated heterocycles.